The Morgan fingerprint density at radius 3 is 2.54 bits per heavy atom. The lowest BCUT2D eigenvalue weighted by atomic mass is 9.64. The van der Waals surface area contributed by atoms with Crippen LogP contribution in [0, 0.1) is 0 Å². The molecule has 1 heterocycles. The molecule has 1 aliphatic rings. The van der Waals surface area contributed by atoms with E-state index in [2.05, 4.69) is 42.9 Å². The molecule has 3 nitrogen and oxygen atoms in total. The quantitative estimate of drug-likeness (QED) is 0.447. The molecule has 130 valence electrons. The van der Waals surface area contributed by atoms with Crippen LogP contribution in [0.4, 0.5) is 0 Å². The van der Waals surface area contributed by atoms with Crippen LogP contribution in [0.3, 0.4) is 0 Å². The fraction of sp³-hybridized carbons (Fsp3) is 0.474. The average molecular weight is 457 g/mol. The fourth-order valence-corrected chi connectivity index (χ4v) is 4.15. The predicted octanol–water partition coefficient (Wildman–Crippen LogP) is 5.39. The molecule has 1 aromatic carbocycles. The number of fused-ring (bicyclic) bond motifs is 1. The van der Waals surface area contributed by atoms with E-state index in [1.807, 2.05) is 31.2 Å². The third-order valence-corrected chi connectivity index (χ3v) is 5.42. The van der Waals surface area contributed by atoms with Crippen molar-refractivity contribution in [3.63, 3.8) is 0 Å². The molecule has 1 aromatic heterocycles. The van der Waals surface area contributed by atoms with Gasteiger partial charge >= 0.3 is 5.97 Å². The number of hydrogen-bond acceptors (Lipinski definition) is 3. The first-order chi connectivity index (χ1) is 11.7. The monoisotopic (exact) mass is 455 g/mol. The van der Waals surface area contributed by atoms with Gasteiger partial charge in [0.05, 0.1) is 17.5 Å². The van der Waals surface area contributed by atoms with Gasteiger partial charge in [0, 0.05) is 22.2 Å². The Hall–Kier alpha value is -0.940. The maximum atomic E-state index is 12.2. The van der Waals surface area contributed by atoms with Gasteiger partial charge in [0.2, 0.25) is 0 Å². The van der Waals surface area contributed by atoms with E-state index in [0.717, 1.165) is 46.4 Å². The molecule has 2 aromatic rings. The van der Waals surface area contributed by atoms with Gasteiger partial charge in [0.25, 0.3) is 0 Å². The number of hydrogen-bond donors (Lipinski definition) is 0. The number of rotatable bonds is 5. The Balaban J connectivity index is 0.000000368. The molecule has 1 fully saturated rings. The van der Waals surface area contributed by atoms with E-state index in [1.54, 1.807) is 6.20 Å². The molecule has 5 heteroatoms. The highest BCUT2D eigenvalue weighted by atomic mass is 79.9. The van der Waals surface area contributed by atoms with Crippen LogP contribution in [0.2, 0.25) is 0 Å². The second kappa shape index (κ2) is 9.52. The maximum Gasteiger partial charge on any atom is 0.316 e. The average Bonchev–Trinajstić information content (AvgIpc) is 2.55. The summed E-state index contributed by atoms with van der Waals surface area (Å²) < 4.78 is 5.26. The van der Waals surface area contributed by atoms with Crippen LogP contribution < -0.4 is 0 Å². The van der Waals surface area contributed by atoms with Crippen LogP contribution in [0.15, 0.2) is 36.5 Å². The first kappa shape index (κ1) is 19.4. The van der Waals surface area contributed by atoms with Gasteiger partial charge in [0.15, 0.2) is 0 Å². The molecule has 0 saturated heterocycles. The zero-order valence-corrected chi connectivity index (χ0v) is 17.1. The normalized spacial score (nSPS) is 15.1. The van der Waals surface area contributed by atoms with Gasteiger partial charge in [-0.05, 0) is 49.9 Å². The second-order valence-electron chi connectivity index (χ2n) is 5.80. The van der Waals surface area contributed by atoms with E-state index in [0.29, 0.717) is 6.61 Å². The van der Waals surface area contributed by atoms with Gasteiger partial charge in [-0.1, -0.05) is 50.4 Å². The zero-order valence-electron chi connectivity index (χ0n) is 13.9. The molecule has 0 bridgehead atoms. The molecule has 0 N–H and O–H groups in total. The lowest BCUT2D eigenvalue weighted by molar-refractivity contribution is -0.153. The van der Waals surface area contributed by atoms with Gasteiger partial charge in [-0.2, -0.15) is 0 Å². The lowest BCUT2D eigenvalue weighted by Gasteiger charge is -2.39. The molecule has 0 atom stereocenters. The summed E-state index contributed by atoms with van der Waals surface area (Å²) in [6, 6.07) is 10.0. The molecular weight excluding hydrogens is 434 g/mol. The number of halogens is 2. The van der Waals surface area contributed by atoms with Gasteiger partial charge in [-0.3, -0.25) is 9.78 Å². The van der Waals surface area contributed by atoms with E-state index in [-0.39, 0.29) is 5.97 Å². The van der Waals surface area contributed by atoms with Crippen molar-refractivity contribution >= 4 is 48.7 Å². The van der Waals surface area contributed by atoms with Crippen LogP contribution in [-0.4, -0.2) is 28.2 Å². The SMILES string of the molecule is BrCCCBr.CCOC(=O)C1(c2ccc3ncccc3c2)CCC1. The molecule has 0 unspecified atom stereocenters. The minimum Gasteiger partial charge on any atom is -0.465 e. The van der Waals surface area contributed by atoms with Crippen molar-refractivity contribution in [3.8, 4) is 0 Å². The van der Waals surface area contributed by atoms with Crippen molar-refractivity contribution in [3.05, 3.63) is 42.1 Å². The largest absolute Gasteiger partial charge is 0.465 e. The van der Waals surface area contributed by atoms with Crippen molar-refractivity contribution in [1.82, 2.24) is 4.98 Å². The van der Waals surface area contributed by atoms with Crippen molar-refractivity contribution in [2.45, 2.75) is 38.0 Å². The molecule has 1 aliphatic carbocycles. The predicted molar refractivity (Wildman–Crippen MR) is 106 cm³/mol. The lowest BCUT2D eigenvalue weighted by Crippen LogP contribution is -2.43. The van der Waals surface area contributed by atoms with E-state index in [1.165, 1.54) is 6.42 Å². The number of alkyl halides is 2. The summed E-state index contributed by atoms with van der Waals surface area (Å²) in [5.74, 6) is -0.0792. The minimum atomic E-state index is -0.417. The van der Waals surface area contributed by atoms with Crippen molar-refractivity contribution < 1.29 is 9.53 Å². The number of esters is 1. The summed E-state index contributed by atoms with van der Waals surface area (Å²) in [7, 11) is 0. The Labute approximate surface area is 160 Å². The second-order valence-corrected chi connectivity index (χ2v) is 7.38. The highest BCUT2D eigenvalue weighted by Gasteiger charge is 2.47. The zero-order chi connectivity index (χ0) is 17.4. The first-order valence-electron chi connectivity index (χ1n) is 8.32. The van der Waals surface area contributed by atoms with E-state index >= 15 is 0 Å². The highest BCUT2D eigenvalue weighted by Crippen LogP contribution is 2.45. The smallest absolute Gasteiger partial charge is 0.316 e. The highest BCUT2D eigenvalue weighted by molar-refractivity contribution is 9.09. The maximum absolute atomic E-state index is 12.2. The molecule has 0 spiro atoms. The number of carbonyl (C=O) groups excluding carboxylic acids is 1. The van der Waals surface area contributed by atoms with Crippen LogP contribution in [-0.2, 0) is 14.9 Å². The van der Waals surface area contributed by atoms with Gasteiger partial charge in [-0.15, -0.1) is 0 Å². The van der Waals surface area contributed by atoms with Gasteiger partial charge in [0.1, 0.15) is 0 Å². The summed E-state index contributed by atoms with van der Waals surface area (Å²) >= 11 is 6.56. The number of ether oxygens (including phenoxy) is 1. The Morgan fingerprint density at radius 1 is 1.25 bits per heavy atom. The molecule has 0 radical (unpaired) electrons. The minimum absolute atomic E-state index is 0.0792. The standard InChI is InChI=1S/C16H17NO2.C3H6Br2/c1-2-19-15(18)16(8-4-9-16)13-6-7-14-12(11-13)5-3-10-17-14;4-2-1-3-5/h3,5-7,10-11H,2,4,8-9H2,1H3;1-3H2. The van der Waals surface area contributed by atoms with Crippen LogP contribution in [0.1, 0.15) is 38.2 Å². The summed E-state index contributed by atoms with van der Waals surface area (Å²) in [6.07, 6.45) is 5.87. The molecule has 1 saturated carbocycles. The number of aromatic nitrogens is 1. The van der Waals surface area contributed by atoms with E-state index in [9.17, 15) is 4.79 Å². The van der Waals surface area contributed by atoms with Gasteiger partial charge in [-0.25, -0.2) is 0 Å². The third-order valence-electron chi connectivity index (χ3n) is 4.30. The molecule has 3 rings (SSSR count). The number of benzene rings is 1. The Kier molecular flexibility index (Phi) is 7.69. The number of pyridine rings is 1. The van der Waals surface area contributed by atoms with Crippen LogP contribution in [0.5, 0.6) is 0 Å². The van der Waals surface area contributed by atoms with Crippen molar-refractivity contribution in [2.24, 2.45) is 0 Å². The summed E-state index contributed by atoms with van der Waals surface area (Å²) in [5, 5.41) is 3.30. The number of nitrogens with zero attached hydrogens (tertiary/aromatic N) is 1. The Morgan fingerprint density at radius 2 is 2.00 bits per heavy atom. The third kappa shape index (κ3) is 4.37. The van der Waals surface area contributed by atoms with Crippen LogP contribution in [0.25, 0.3) is 10.9 Å². The van der Waals surface area contributed by atoms with E-state index in [4.69, 9.17) is 4.74 Å². The Bertz CT molecular complexity index is 669. The van der Waals surface area contributed by atoms with Crippen molar-refractivity contribution in [1.29, 1.82) is 0 Å². The summed E-state index contributed by atoms with van der Waals surface area (Å²) in [6.45, 7) is 2.30. The molecule has 24 heavy (non-hydrogen) atoms. The van der Waals surface area contributed by atoms with E-state index < -0.39 is 5.41 Å². The summed E-state index contributed by atoms with van der Waals surface area (Å²) in [5.41, 5.74) is 1.61. The topological polar surface area (TPSA) is 39.2 Å². The molecule has 0 amide bonds. The molecule has 0 aliphatic heterocycles. The van der Waals surface area contributed by atoms with Gasteiger partial charge < -0.3 is 4.74 Å². The number of carbonyl (C=O) groups is 1. The summed E-state index contributed by atoms with van der Waals surface area (Å²) in [4.78, 5) is 16.6. The fourth-order valence-electron chi connectivity index (χ4n) is 2.83. The van der Waals surface area contributed by atoms with Crippen molar-refractivity contribution in [2.75, 3.05) is 17.3 Å². The van der Waals surface area contributed by atoms with Crippen LogP contribution >= 0.6 is 31.9 Å². The first-order valence-corrected chi connectivity index (χ1v) is 10.6. The molecular formula is C19H23Br2NO2.